The lowest BCUT2D eigenvalue weighted by atomic mass is 10.1. The fraction of sp³-hybridized carbons (Fsp3) is 0.250. The molecule has 1 heterocycles. The largest absolute Gasteiger partial charge is 0.385 e. The van der Waals surface area contributed by atoms with Crippen molar-refractivity contribution in [3.05, 3.63) is 60.3 Å². The van der Waals surface area contributed by atoms with E-state index in [0.717, 1.165) is 24.3 Å². The standard InChI is InChI=1S/C20H23N3O/c1-14(2)20(24)23-17-9-7-16(8-10-17)21-12-11-15-13-22-19-6-4-3-5-18(15)19/h3-10,13-14,21-22H,11-12H2,1-2H3,(H,23,24). The van der Waals surface area contributed by atoms with E-state index < -0.39 is 0 Å². The molecule has 0 atom stereocenters. The Hall–Kier alpha value is -2.75. The second-order valence-corrected chi connectivity index (χ2v) is 6.26. The highest BCUT2D eigenvalue weighted by Crippen LogP contribution is 2.19. The van der Waals surface area contributed by atoms with Crippen molar-refractivity contribution in [2.24, 2.45) is 5.92 Å². The van der Waals surface area contributed by atoms with Gasteiger partial charge in [-0.1, -0.05) is 32.0 Å². The lowest BCUT2D eigenvalue weighted by molar-refractivity contribution is -0.118. The summed E-state index contributed by atoms with van der Waals surface area (Å²) < 4.78 is 0. The van der Waals surface area contributed by atoms with Gasteiger partial charge in [0.25, 0.3) is 0 Å². The Bertz CT molecular complexity index is 818. The van der Waals surface area contributed by atoms with Crippen LogP contribution in [0.4, 0.5) is 11.4 Å². The topological polar surface area (TPSA) is 56.9 Å². The first-order valence-electron chi connectivity index (χ1n) is 8.33. The number of carbonyl (C=O) groups is 1. The first-order chi connectivity index (χ1) is 11.6. The number of anilines is 2. The predicted molar refractivity (Wildman–Crippen MR) is 100 cm³/mol. The number of fused-ring (bicyclic) bond motifs is 1. The van der Waals surface area contributed by atoms with Crippen molar-refractivity contribution >= 4 is 28.2 Å². The number of hydrogen-bond donors (Lipinski definition) is 3. The van der Waals surface area contributed by atoms with E-state index in [0.29, 0.717) is 0 Å². The molecule has 0 fully saturated rings. The number of aromatic amines is 1. The monoisotopic (exact) mass is 321 g/mol. The number of rotatable bonds is 6. The summed E-state index contributed by atoms with van der Waals surface area (Å²) in [5.41, 5.74) is 4.38. The number of amides is 1. The maximum absolute atomic E-state index is 11.7. The molecular weight excluding hydrogens is 298 g/mol. The molecule has 24 heavy (non-hydrogen) atoms. The van der Waals surface area contributed by atoms with Gasteiger partial charge >= 0.3 is 0 Å². The quantitative estimate of drug-likeness (QED) is 0.629. The molecule has 4 heteroatoms. The number of nitrogens with one attached hydrogen (secondary N) is 3. The van der Waals surface area contributed by atoms with E-state index in [1.165, 1.54) is 16.5 Å². The highest BCUT2D eigenvalue weighted by Gasteiger charge is 2.06. The van der Waals surface area contributed by atoms with E-state index in [9.17, 15) is 4.79 Å². The first kappa shape index (κ1) is 16.1. The van der Waals surface area contributed by atoms with E-state index in [-0.39, 0.29) is 11.8 Å². The Morgan fingerprint density at radius 2 is 1.75 bits per heavy atom. The van der Waals surface area contributed by atoms with Crippen molar-refractivity contribution in [3.63, 3.8) is 0 Å². The van der Waals surface area contributed by atoms with Crippen LogP contribution in [0.3, 0.4) is 0 Å². The minimum Gasteiger partial charge on any atom is -0.385 e. The molecule has 0 radical (unpaired) electrons. The van der Waals surface area contributed by atoms with E-state index in [1.54, 1.807) is 0 Å². The smallest absolute Gasteiger partial charge is 0.226 e. The molecule has 2 aromatic carbocycles. The van der Waals surface area contributed by atoms with Crippen LogP contribution in [0.2, 0.25) is 0 Å². The van der Waals surface area contributed by atoms with Gasteiger partial charge in [-0.2, -0.15) is 0 Å². The summed E-state index contributed by atoms with van der Waals surface area (Å²) in [5.74, 6) is 0.0222. The predicted octanol–water partition coefficient (Wildman–Crippen LogP) is 4.42. The van der Waals surface area contributed by atoms with Gasteiger partial charge in [-0.05, 0) is 42.3 Å². The van der Waals surface area contributed by atoms with Crippen LogP contribution < -0.4 is 10.6 Å². The molecule has 0 saturated heterocycles. The number of H-pyrrole nitrogens is 1. The van der Waals surface area contributed by atoms with E-state index in [1.807, 2.05) is 44.2 Å². The number of aromatic nitrogens is 1. The molecule has 0 spiro atoms. The average molecular weight is 321 g/mol. The summed E-state index contributed by atoms with van der Waals surface area (Å²) in [7, 11) is 0. The fourth-order valence-corrected chi connectivity index (χ4v) is 2.64. The molecule has 0 aliphatic rings. The molecule has 0 aliphatic carbocycles. The SMILES string of the molecule is CC(C)C(=O)Nc1ccc(NCCc2c[nH]c3ccccc23)cc1. The molecule has 1 aromatic heterocycles. The summed E-state index contributed by atoms with van der Waals surface area (Å²) in [4.78, 5) is 15.0. The van der Waals surface area contributed by atoms with E-state index >= 15 is 0 Å². The van der Waals surface area contributed by atoms with Gasteiger partial charge in [0.05, 0.1) is 0 Å². The molecule has 3 N–H and O–H groups in total. The third-order valence-electron chi connectivity index (χ3n) is 4.08. The second-order valence-electron chi connectivity index (χ2n) is 6.26. The zero-order valence-corrected chi connectivity index (χ0v) is 14.1. The Morgan fingerprint density at radius 1 is 1.04 bits per heavy atom. The van der Waals surface area contributed by atoms with Gasteiger partial charge in [-0.25, -0.2) is 0 Å². The van der Waals surface area contributed by atoms with Crippen LogP contribution in [0.1, 0.15) is 19.4 Å². The molecule has 0 saturated carbocycles. The number of carbonyl (C=O) groups excluding carboxylic acids is 1. The molecule has 0 aliphatic heterocycles. The van der Waals surface area contributed by atoms with Crippen molar-refractivity contribution in [2.75, 3.05) is 17.2 Å². The fourth-order valence-electron chi connectivity index (χ4n) is 2.64. The molecule has 0 unspecified atom stereocenters. The van der Waals surface area contributed by atoms with Crippen LogP contribution in [0.25, 0.3) is 10.9 Å². The summed E-state index contributed by atoms with van der Waals surface area (Å²) in [6.45, 7) is 4.63. The molecular formula is C20H23N3O. The van der Waals surface area contributed by atoms with Crippen molar-refractivity contribution < 1.29 is 4.79 Å². The summed E-state index contributed by atoms with van der Waals surface area (Å²) in [6, 6.07) is 16.2. The van der Waals surface area contributed by atoms with Crippen molar-refractivity contribution in [1.82, 2.24) is 4.98 Å². The highest BCUT2D eigenvalue weighted by molar-refractivity contribution is 5.92. The molecule has 4 nitrogen and oxygen atoms in total. The molecule has 124 valence electrons. The number of hydrogen-bond acceptors (Lipinski definition) is 2. The first-order valence-corrected chi connectivity index (χ1v) is 8.33. The van der Waals surface area contributed by atoms with Crippen molar-refractivity contribution in [1.29, 1.82) is 0 Å². The van der Waals surface area contributed by atoms with Gasteiger partial charge in [-0.3, -0.25) is 4.79 Å². The van der Waals surface area contributed by atoms with Gasteiger partial charge in [0.2, 0.25) is 5.91 Å². The van der Waals surface area contributed by atoms with E-state index in [2.05, 4.69) is 40.0 Å². The van der Waals surface area contributed by atoms with E-state index in [4.69, 9.17) is 0 Å². The molecule has 3 aromatic rings. The Labute approximate surface area is 142 Å². The maximum Gasteiger partial charge on any atom is 0.226 e. The molecule has 3 rings (SSSR count). The molecule has 0 bridgehead atoms. The Balaban J connectivity index is 1.54. The lowest BCUT2D eigenvalue weighted by Crippen LogP contribution is -2.17. The summed E-state index contributed by atoms with van der Waals surface area (Å²) in [5, 5.41) is 7.60. The summed E-state index contributed by atoms with van der Waals surface area (Å²) >= 11 is 0. The zero-order valence-electron chi connectivity index (χ0n) is 14.1. The van der Waals surface area contributed by atoms with Crippen LogP contribution in [0.5, 0.6) is 0 Å². The lowest BCUT2D eigenvalue weighted by Gasteiger charge is -2.10. The summed E-state index contributed by atoms with van der Waals surface area (Å²) in [6.07, 6.45) is 3.03. The Kier molecular flexibility index (Phi) is 4.85. The van der Waals surface area contributed by atoms with Crippen LogP contribution in [-0.2, 0) is 11.2 Å². The second kappa shape index (κ2) is 7.21. The van der Waals surface area contributed by atoms with Crippen LogP contribution in [0, 0.1) is 5.92 Å². The normalized spacial score (nSPS) is 11.0. The average Bonchev–Trinajstić information content (AvgIpc) is 3.00. The van der Waals surface area contributed by atoms with Crippen molar-refractivity contribution in [3.8, 4) is 0 Å². The third kappa shape index (κ3) is 3.77. The maximum atomic E-state index is 11.7. The Morgan fingerprint density at radius 3 is 2.50 bits per heavy atom. The van der Waals surface area contributed by atoms with Crippen LogP contribution in [-0.4, -0.2) is 17.4 Å². The number of benzene rings is 2. The zero-order chi connectivity index (χ0) is 16.9. The number of para-hydroxylation sites is 1. The van der Waals surface area contributed by atoms with Gasteiger partial charge < -0.3 is 15.6 Å². The van der Waals surface area contributed by atoms with Crippen LogP contribution >= 0.6 is 0 Å². The highest BCUT2D eigenvalue weighted by atomic mass is 16.1. The van der Waals surface area contributed by atoms with Gasteiger partial charge in [0.15, 0.2) is 0 Å². The molecule has 1 amide bonds. The van der Waals surface area contributed by atoms with Gasteiger partial charge in [0, 0.05) is 40.9 Å². The minimum absolute atomic E-state index is 0.0148. The van der Waals surface area contributed by atoms with Gasteiger partial charge in [-0.15, -0.1) is 0 Å². The third-order valence-corrected chi connectivity index (χ3v) is 4.08. The van der Waals surface area contributed by atoms with Gasteiger partial charge in [0.1, 0.15) is 0 Å². The minimum atomic E-state index is -0.0148. The van der Waals surface area contributed by atoms with Crippen LogP contribution in [0.15, 0.2) is 54.7 Å². The van der Waals surface area contributed by atoms with Crippen molar-refractivity contribution in [2.45, 2.75) is 20.3 Å².